The smallest absolute Gasteiger partial charge is 0.324 e. The summed E-state index contributed by atoms with van der Waals surface area (Å²) in [5, 5.41) is 3.03. The normalized spacial score (nSPS) is 11.9. The number of hydrogen-bond donors (Lipinski definition) is 1. The zero-order valence-corrected chi connectivity index (χ0v) is 21.0. The average Bonchev–Trinajstić information content (AvgIpc) is 2.87. The predicted molar refractivity (Wildman–Crippen MR) is 135 cm³/mol. The lowest BCUT2D eigenvalue weighted by Crippen LogP contribution is -2.41. The first-order chi connectivity index (χ1) is 16.6. The van der Waals surface area contributed by atoms with Crippen molar-refractivity contribution in [3.05, 3.63) is 60.2 Å². The monoisotopic (exact) mass is 472 g/mol. The third-order valence-corrected chi connectivity index (χ3v) is 5.48. The third-order valence-electron chi connectivity index (χ3n) is 5.48. The van der Waals surface area contributed by atoms with Gasteiger partial charge in [-0.25, -0.2) is 4.79 Å². The molecule has 2 amide bonds. The number of anilines is 1. The van der Waals surface area contributed by atoms with E-state index in [-0.39, 0.29) is 12.6 Å². The van der Waals surface area contributed by atoms with Gasteiger partial charge in [-0.3, -0.25) is 4.90 Å². The van der Waals surface area contributed by atoms with Gasteiger partial charge < -0.3 is 24.3 Å². The number of unbranched alkanes of at least 4 members (excludes halogenated alkanes) is 4. The van der Waals surface area contributed by atoms with Gasteiger partial charge in [-0.15, -0.1) is 0 Å². The molecule has 0 fully saturated rings. The summed E-state index contributed by atoms with van der Waals surface area (Å²) in [7, 11) is 3.13. The van der Waals surface area contributed by atoms with Crippen molar-refractivity contribution in [1.29, 1.82) is 0 Å². The Bertz CT molecular complexity index is 814. The van der Waals surface area contributed by atoms with Crippen LogP contribution in [0.5, 0.6) is 5.75 Å². The van der Waals surface area contributed by atoms with Gasteiger partial charge in [0.15, 0.2) is 12.5 Å². The molecular weight excluding hydrogens is 432 g/mol. The number of urea groups is 1. The van der Waals surface area contributed by atoms with Crippen LogP contribution in [-0.4, -0.2) is 51.2 Å². The summed E-state index contributed by atoms with van der Waals surface area (Å²) in [6, 6.07) is 17.0. The minimum atomic E-state index is -0.598. The quantitative estimate of drug-likeness (QED) is 0.232. The highest BCUT2D eigenvalue weighted by Gasteiger charge is 2.27. The van der Waals surface area contributed by atoms with Crippen molar-refractivity contribution in [2.75, 3.05) is 39.3 Å². The highest BCUT2D eigenvalue weighted by Crippen LogP contribution is 2.28. The van der Waals surface area contributed by atoms with Crippen LogP contribution in [0, 0.1) is 0 Å². The van der Waals surface area contributed by atoms with Crippen molar-refractivity contribution < 1.29 is 23.7 Å². The number of para-hydroxylation sites is 2. The van der Waals surface area contributed by atoms with Gasteiger partial charge in [0.05, 0.1) is 12.3 Å². The Labute approximate surface area is 204 Å². The fourth-order valence-electron chi connectivity index (χ4n) is 3.64. The first-order valence-electron chi connectivity index (χ1n) is 12.2. The predicted octanol–water partition coefficient (Wildman–Crippen LogP) is 6.22. The summed E-state index contributed by atoms with van der Waals surface area (Å²) in [6.45, 7) is 5.36. The van der Waals surface area contributed by atoms with Crippen LogP contribution in [0.3, 0.4) is 0 Å². The largest absolute Gasteiger partial charge is 0.492 e. The third kappa shape index (κ3) is 8.97. The SMILES string of the molecule is CCCCCCCN(C(=O)Nc1ccccc1OCC)C(OCC(OC)OC)c1ccccc1. The van der Waals surface area contributed by atoms with E-state index < -0.39 is 12.5 Å². The molecule has 0 radical (unpaired) electrons. The lowest BCUT2D eigenvalue weighted by atomic mass is 10.1. The molecule has 7 heteroatoms. The van der Waals surface area contributed by atoms with Crippen LogP contribution in [-0.2, 0) is 14.2 Å². The molecule has 0 aliphatic heterocycles. The first-order valence-corrected chi connectivity index (χ1v) is 12.2. The Morgan fingerprint density at radius 1 is 0.912 bits per heavy atom. The van der Waals surface area contributed by atoms with Crippen LogP contribution in [0.15, 0.2) is 54.6 Å². The number of carbonyl (C=O) groups is 1. The maximum absolute atomic E-state index is 13.6. The number of nitrogens with zero attached hydrogens (tertiary/aromatic N) is 1. The fourth-order valence-corrected chi connectivity index (χ4v) is 3.64. The van der Waals surface area contributed by atoms with Gasteiger partial charge in [-0.2, -0.15) is 0 Å². The molecule has 0 aliphatic carbocycles. The summed E-state index contributed by atoms with van der Waals surface area (Å²) in [5.74, 6) is 0.636. The first kappa shape index (κ1) is 27.6. The number of ether oxygens (including phenoxy) is 4. The van der Waals surface area contributed by atoms with Crippen LogP contribution < -0.4 is 10.1 Å². The van der Waals surface area contributed by atoms with Crippen molar-refractivity contribution in [1.82, 2.24) is 4.90 Å². The van der Waals surface area contributed by atoms with E-state index >= 15 is 0 Å². The maximum Gasteiger partial charge on any atom is 0.324 e. The summed E-state index contributed by atoms with van der Waals surface area (Å²) in [6.07, 6.45) is 4.31. The van der Waals surface area contributed by atoms with Crippen molar-refractivity contribution in [3.8, 4) is 5.75 Å². The van der Waals surface area contributed by atoms with E-state index in [4.69, 9.17) is 18.9 Å². The second-order valence-corrected chi connectivity index (χ2v) is 7.96. The van der Waals surface area contributed by atoms with E-state index in [1.54, 1.807) is 19.1 Å². The molecule has 7 nitrogen and oxygen atoms in total. The minimum Gasteiger partial charge on any atom is -0.492 e. The second-order valence-electron chi connectivity index (χ2n) is 7.96. The number of benzene rings is 2. The number of rotatable bonds is 16. The van der Waals surface area contributed by atoms with Gasteiger partial charge in [0.25, 0.3) is 0 Å². The number of carbonyl (C=O) groups excluding carboxylic acids is 1. The molecule has 1 N–H and O–H groups in total. The second kappa shape index (κ2) is 16.1. The molecule has 0 aromatic heterocycles. The van der Waals surface area contributed by atoms with E-state index in [1.165, 1.54) is 12.8 Å². The van der Waals surface area contributed by atoms with Crippen LogP contribution in [0.4, 0.5) is 10.5 Å². The Hall–Kier alpha value is -2.61. The molecule has 0 heterocycles. The molecule has 2 aromatic rings. The molecule has 0 spiro atoms. The van der Waals surface area contributed by atoms with Gasteiger partial charge in [0.1, 0.15) is 12.4 Å². The number of hydrogen-bond acceptors (Lipinski definition) is 5. The highest BCUT2D eigenvalue weighted by atomic mass is 16.7. The maximum atomic E-state index is 13.6. The Morgan fingerprint density at radius 3 is 2.26 bits per heavy atom. The van der Waals surface area contributed by atoms with E-state index in [2.05, 4.69) is 12.2 Å². The lowest BCUT2D eigenvalue weighted by Gasteiger charge is -2.33. The van der Waals surface area contributed by atoms with Crippen LogP contribution in [0.25, 0.3) is 0 Å². The van der Waals surface area contributed by atoms with Gasteiger partial charge in [-0.1, -0.05) is 75.1 Å². The van der Waals surface area contributed by atoms with Crippen molar-refractivity contribution in [3.63, 3.8) is 0 Å². The van der Waals surface area contributed by atoms with Gasteiger partial charge in [-0.05, 0) is 25.5 Å². The molecule has 1 atom stereocenters. The van der Waals surface area contributed by atoms with Crippen molar-refractivity contribution in [2.45, 2.75) is 58.5 Å². The van der Waals surface area contributed by atoms with Crippen LogP contribution >= 0.6 is 0 Å². The standard InChI is InChI=1S/C27H40N2O5/c1-5-7-8-9-15-20-29(27(30)28-23-18-13-14-19-24(23)33-6-2)26(22-16-11-10-12-17-22)34-21-25(31-3)32-4/h10-14,16-19,25-26H,5-9,15,20-21H2,1-4H3,(H,28,30). The molecule has 2 aromatic carbocycles. The molecule has 0 saturated heterocycles. The van der Waals surface area contributed by atoms with Crippen LogP contribution in [0.2, 0.25) is 0 Å². The van der Waals surface area contributed by atoms with Crippen molar-refractivity contribution >= 4 is 11.7 Å². The van der Waals surface area contributed by atoms with Gasteiger partial charge in [0.2, 0.25) is 0 Å². The van der Waals surface area contributed by atoms with E-state index in [1.807, 2.05) is 61.5 Å². The molecule has 0 bridgehead atoms. The summed E-state index contributed by atoms with van der Waals surface area (Å²) in [4.78, 5) is 15.3. The Morgan fingerprint density at radius 2 is 1.59 bits per heavy atom. The zero-order chi connectivity index (χ0) is 24.6. The molecule has 2 rings (SSSR count). The highest BCUT2D eigenvalue weighted by molar-refractivity contribution is 5.91. The summed E-state index contributed by atoms with van der Waals surface area (Å²) in [5.41, 5.74) is 1.51. The Kier molecular flexibility index (Phi) is 13.1. The Balaban J connectivity index is 2.28. The molecular formula is C27H40N2O5. The number of amides is 2. The van der Waals surface area contributed by atoms with E-state index in [9.17, 15) is 4.79 Å². The van der Waals surface area contributed by atoms with Crippen LogP contribution in [0.1, 0.15) is 57.7 Å². The molecule has 0 saturated carbocycles. The zero-order valence-electron chi connectivity index (χ0n) is 21.0. The van der Waals surface area contributed by atoms with E-state index in [0.29, 0.717) is 24.6 Å². The topological polar surface area (TPSA) is 69.3 Å². The number of methoxy groups -OCH3 is 2. The molecule has 34 heavy (non-hydrogen) atoms. The molecule has 0 aliphatic rings. The average molecular weight is 473 g/mol. The van der Waals surface area contributed by atoms with Gasteiger partial charge >= 0.3 is 6.03 Å². The fraction of sp³-hybridized carbons (Fsp3) is 0.519. The number of nitrogens with one attached hydrogen (secondary N) is 1. The van der Waals surface area contributed by atoms with Crippen molar-refractivity contribution in [2.24, 2.45) is 0 Å². The summed E-state index contributed by atoms with van der Waals surface area (Å²) < 4.78 is 22.5. The lowest BCUT2D eigenvalue weighted by molar-refractivity contribution is -0.167. The van der Waals surface area contributed by atoms with E-state index in [0.717, 1.165) is 24.8 Å². The minimum absolute atomic E-state index is 0.182. The molecule has 1 unspecified atom stereocenters. The molecule has 188 valence electrons. The summed E-state index contributed by atoms with van der Waals surface area (Å²) >= 11 is 0. The van der Waals surface area contributed by atoms with Gasteiger partial charge in [0, 0.05) is 26.3 Å².